The molecule has 0 radical (unpaired) electrons. The Balaban J connectivity index is 5.65. The van der Waals surface area contributed by atoms with Crippen molar-refractivity contribution >= 4 is 34.1 Å². The van der Waals surface area contributed by atoms with Crippen LogP contribution in [0.4, 0.5) is 9.59 Å². The van der Waals surface area contributed by atoms with Crippen LogP contribution < -0.4 is 0 Å². The predicted octanol–water partition coefficient (Wildman–Crippen LogP) is 3.88. The Hall–Kier alpha value is -1.31. The largest absolute Gasteiger partial charge is 0.467 e. The third-order valence-electron chi connectivity index (χ3n) is 2.58. The first-order chi connectivity index (χ1) is 10.8. The molecule has 0 bridgehead atoms. The lowest BCUT2D eigenvalue weighted by molar-refractivity contribution is -0.147. The quantitative estimate of drug-likeness (QED) is 0.389. The molecule has 0 aromatic rings. The number of hydrogen-bond acceptors (Lipinski definition) is 6. The fourth-order valence-electron chi connectivity index (χ4n) is 1.71. The fraction of sp³-hybridized carbons (Fsp3) is 0.812. The van der Waals surface area contributed by atoms with E-state index >= 15 is 0 Å². The zero-order valence-electron chi connectivity index (χ0n) is 15.5. The SMILES string of the molecule is COC(=O)C(CCCBr)N(C(=O)OC(C)(C)C)C(=O)OC(C)(C)C. The molecule has 0 aliphatic rings. The number of esters is 1. The van der Waals surface area contributed by atoms with E-state index in [-0.39, 0.29) is 6.42 Å². The number of amides is 2. The number of imide groups is 1. The summed E-state index contributed by atoms with van der Waals surface area (Å²) in [5.41, 5.74) is -1.65. The van der Waals surface area contributed by atoms with Crippen LogP contribution in [0, 0.1) is 0 Å². The van der Waals surface area contributed by atoms with Crippen molar-refractivity contribution in [3.63, 3.8) is 0 Å². The third-order valence-corrected chi connectivity index (χ3v) is 3.14. The van der Waals surface area contributed by atoms with Crippen LogP contribution in [0.2, 0.25) is 0 Å². The summed E-state index contributed by atoms with van der Waals surface area (Å²) in [7, 11) is 1.20. The second-order valence-electron chi connectivity index (χ2n) is 7.20. The van der Waals surface area contributed by atoms with Crippen molar-refractivity contribution in [1.82, 2.24) is 4.90 Å². The maximum absolute atomic E-state index is 12.5. The maximum Gasteiger partial charge on any atom is 0.420 e. The second-order valence-corrected chi connectivity index (χ2v) is 7.99. The molecule has 0 saturated carbocycles. The minimum absolute atomic E-state index is 0.233. The monoisotopic (exact) mass is 409 g/mol. The number of methoxy groups -OCH3 is 1. The molecule has 0 heterocycles. The van der Waals surface area contributed by atoms with Crippen LogP contribution in [-0.2, 0) is 19.0 Å². The lowest BCUT2D eigenvalue weighted by atomic mass is 10.1. The van der Waals surface area contributed by atoms with E-state index in [9.17, 15) is 14.4 Å². The van der Waals surface area contributed by atoms with Gasteiger partial charge in [0.25, 0.3) is 0 Å². The first-order valence-corrected chi connectivity index (χ1v) is 8.83. The number of carbonyl (C=O) groups excluding carboxylic acids is 3. The van der Waals surface area contributed by atoms with Crippen LogP contribution >= 0.6 is 15.9 Å². The zero-order chi connectivity index (χ0) is 19.1. The molecular formula is C16H28BrNO6. The Morgan fingerprint density at radius 1 is 0.958 bits per heavy atom. The van der Waals surface area contributed by atoms with Crippen molar-refractivity contribution in [2.24, 2.45) is 0 Å². The highest BCUT2D eigenvalue weighted by Gasteiger charge is 2.40. The maximum atomic E-state index is 12.5. The third kappa shape index (κ3) is 8.52. The summed E-state index contributed by atoms with van der Waals surface area (Å²) in [4.78, 5) is 37.8. The van der Waals surface area contributed by atoms with Gasteiger partial charge in [0.05, 0.1) is 7.11 Å². The Bertz CT molecular complexity index is 424. The normalized spacial score (nSPS) is 13.0. The van der Waals surface area contributed by atoms with Gasteiger partial charge in [0.15, 0.2) is 0 Å². The van der Waals surface area contributed by atoms with Gasteiger partial charge in [-0.3, -0.25) is 0 Å². The van der Waals surface area contributed by atoms with Crippen molar-refractivity contribution < 1.29 is 28.6 Å². The molecule has 0 aliphatic carbocycles. The smallest absolute Gasteiger partial charge is 0.420 e. The first-order valence-electron chi connectivity index (χ1n) is 7.71. The molecule has 0 aromatic heterocycles. The highest BCUT2D eigenvalue weighted by Crippen LogP contribution is 2.20. The highest BCUT2D eigenvalue weighted by molar-refractivity contribution is 9.09. The Morgan fingerprint density at radius 3 is 1.67 bits per heavy atom. The van der Waals surface area contributed by atoms with Crippen molar-refractivity contribution in [3.8, 4) is 0 Å². The van der Waals surface area contributed by atoms with Crippen molar-refractivity contribution in [2.75, 3.05) is 12.4 Å². The molecule has 0 N–H and O–H groups in total. The molecule has 0 rings (SSSR count). The van der Waals surface area contributed by atoms with Gasteiger partial charge < -0.3 is 14.2 Å². The molecule has 7 nitrogen and oxygen atoms in total. The van der Waals surface area contributed by atoms with Crippen LogP contribution in [0.3, 0.4) is 0 Å². The lowest BCUT2D eigenvalue weighted by Crippen LogP contribution is -2.52. The summed E-state index contributed by atoms with van der Waals surface area (Å²) in [6, 6.07) is -1.11. The number of hydrogen-bond donors (Lipinski definition) is 0. The summed E-state index contributed by atoms with van der Waals surface area (Å²) in [5, 5.41) is 0.608. The van der Waals surface area contributed by atoms with Gasteiger partial charge in [-0.05, 0) is 54.4 Å². The van der Waals surface area contributed by atoms with Crippen molar-refractivity contribution in [2.45, 2.75) is 71.6 Å². The van der Waals surface area contributed by atoms with E-state index in [0.717, 1.165) is 0 Å². The van der Waals surface area contributed by atoms with E-state index in [1.807, 2.05) is 0 Å². The summed E-state index contributed by atoms with van der Waals surface area (Å²) >= 11 is 3.27. The van der Waals surface area contributed by atoms with Crippen LogP contribution in [-0.4, -0.2) is 52.7 Å². The van der Waals surface area contributed by atoms with E-state index in [4.69, 9.17) is 14.2 Å². The second kappa shape index (κ2) is 9.25. The van der Waals surface area contributed by atoms with E-state index in [2.05, 4.69) is 15.9 Å². The van der Waals surface area contributed by atoms with Crippen molar-refractivity contribution in [3.05, 3.63) is 0 Å². The number of ether oxygens (including phenoxy) is 3. The van der Waals surface area contributed by atoms with Crippen LogP contribution in [0.25, 0.3) is 0 Å². The zero-order valence-corrected chi connectivity index (χ0v) is 17.1. The van der Waals surface area contributed by atoms with E-state index in [0.29, 0.717) is 16.7 Å². The average Bonchev–Trinajstić information content (AvgIpc) is 2.38. The lowest BCUT2D eigenvalue weighted by Gasteiger charge is -2.32. The average molecular weight is 410 g/mol. The van der Waals surface area contributed by atoms with E-state index in [1.165, 1.54) is 7.11 Å². The molecule has 1 atom stereocenters. The van der Waals surface area contributed by atoms with Crippen LogP contribution in [0.15, 0.2) is 0 Å². The highest BCUT2D eigenvalue weighted by atomic mass is 79.9. The molecule has 24 heavy (non-hydrogen) atoms. The number of alkyl halides is 1. The predicted molar refractivity (Wildman–Crippen MR) is 93.1 cm³/mol. The molecule has 0 aromatic carbocycles. The molecule has 0 aliphatic heterocycles. The summed E-state index contributed by atoms with van der Waals surface area (Å²) in [6.45, 7) is 10.0. The number of halogens is 1. The van der Waals surface area contributed by atoms with Crippen LogP contribution in [0.1, 0.15) is 54.4 Å². The molecule has 0 spiro atoms. The topological polar surface area (TPSA) is 82.1 Å². The van der Waals surface area contributed by atoms with Gasteiger partial charge in [-0.2, -0.15) is 4.90 Å². The van der Waals surface area contributed by atoms with Gasteiger partial charge in [0.2, 0.25) is 0 Å². The molecule has 140 valence electrons. The van der Waals surface area contributed by atoms with Gasteiger partial charge in [0, 0.05) is 5.33 Å². The Kier molecular flexibility index (Phi) is 8.74. The summed E-state index contributed by atoms with van der Waals surface area (Å²) in [6.07, 6.45) is -1.10. The van der Waals surface area contributed by atoms with Crippen molar-refractivity contribution in [1.29, 1.82) is 0 Å². The van der Waals surface area contributed by atoms with Gasteiger partial charge >= 0.3 is 18.2 Å². The van der Waals surface area contributed by atoms with E-state index in [1.54, 1.807) is 41.5 Å². The van der Waals surface area contributed by atoms with Gasteiger partial charge in [-0.1, -0.05) is 15.9 Å². The standard InChI is InChI=1S/C16H28BrNO6/c1-15(2,3)23-13(20)18(14(21)24-16(4,5)6)11(9-8-10-17)12(19)22-7/h11H,8-10H2,1-7H3. The summed E-state index contributed by atoms with van der Waals surface area (Å²) < 4.78 is 15.3. The van der Waals surface area contributed by atoms with Gasteiger partial charge in [-0.15, -0.1) is 0 Å². The molecular weight excluding hydrogens is 382 g/mol. The Morgan fingerprint density at radius 2 is 1.38 bits per heavy atom. The molecule has 2 amide bonds. The minimum Gasteiger partial charge on any atom is -0.467 e. The summed E-state index contributed by atoms with van der Waals surface area (Å²) in [5.74, 6) is -0.701. The number of rotatable bonds is 5. The molecule has 8 heteroatoms. The van der Waals surface area contributed by atoms with Gasteiger partial charge in [-0.25, -0.2) is 14.4 Å². The Labute approximate surface area is 152 Å². The number of carbonyl (C=O) groups is 3. The minimum atomic E-state index is -1.11. The van der Waals surface area contributed by atoms with E-state index < -0.39 is 35.4 Å². The van der Waals surface area contributed by atoms with Crippen LogP contribution in [0.5, 0.6) is 0 Å². The fourth-order valence-corrected chi connectivity index (χ4v) is 2.03. The molecule has 1 unspecified atom stereocenters. The molecule has 0 fully saturated rings. The first kappa shape index (κ1) is 22.7. The number of nitrogens with zero attached hydrogens (tertiary/aromatic N) is 1. The van der Waals surface area contributed by atoms with Gasteiger partial charge in [0.1, 0.15) is 17.2 Å². The molecule has 0 saturated heterocycles.